The highest BCUT2D eigenvalue weighted by atomic mass is 79.9. The van der Waals surface area contributed by atoms with Gasteiger partial charge in [0.1, 0.15) is 0 Å². The van der Waals surface area contributed by atoms with Gasteiger partial charge >= 0.3 is 0 Å². The lowest BCUT2D eigenvalue weighted by Crippen LogP contribution is -2.43. The number of nitrogens with zero attached hydrogens (tertiary/aromatic N) is 2. The van der Waals surface area contributed by atoms with E-state index in [0.717, 1.165) is 16.6 Å². The molecular weight excluding hydrogens is 394 g/mol. The Morgan fingerprint density at radius 3 is 2.65 bits per heavy atom. The van der Waals surface area contributed by atoms with Crippen LogP contribution in [0.4, 0.5) is 11.4 Å². The second-order valence-electron chi connectivity index (χ2n) is 6.59. The van der Waals surface area contributed by atoms with Crippen molar-refractivity contribution in [2.24, 2.45) is 0 Å². The summed E-state index contributed by atoms with van der Waals surface area (Å²) >= 11 is 3.40. The summed E-state index contributed by atoms with van der Waals surface area (Å²) in [7, 11) is 1.66. The molecule has 1 N–H and O–H groups in total. The zero-order valence-corrected chi connectivity index (χ0v) is 16.5. The molecule has 1 heterocycles. The minimum Gasteiger partial charge on any atom is -0.359 e. The molecular formula is C20H22BrN3O2. The molecule has 0 unspecified atom stereocenters. The molecule has 0 spiro atoms. The van der Waals surface area contributed by atoms with Gasteiger partial charge in [0.25, 0.3) is 0 Å². The molecule has 6 heteroatoms. The van der Waals surface area contributed by atoms with E-state index in [-0.39, 0.29) is 30.9 Å². The van der Waals surface area contributed by atoms with E-state index < -0.39 is 0 Å². The fourth-order valence-corrected chi connectivity index (χ4v) is 3.58. The van der Waals surface area contributed by atoms with Crippen LogP contribution in [0.2, 0.25) is 0 Å². The number of fused-ring (bicyclic) bond motifs is 1. The third kappa shape index (κ3) is 4.07. The molecule has 1 aliphatic heterocycles. The zero-order chi connectivity index (χ0) is 18.7. The SMILES string of the molecule is C[C@@H]1Cc2ccccc2N1CC(=O)N(C)CC(=O)Nc1ccccc1Br. The molecule has 0 aliphatic carbocycles. The molecule has 2 aromatic carbocycles. The number of nitrogens with one attached hydrogen (secondary N) is 1. The maximum Gasteiger partial charge on any atom is 0.244 e. The Morgan fingerprint density at radius 2 is 1.88 bits per heavy atom. The molecule has 0 bridgehead atoms. The van der Waals surface area contributed by atoms with E-state index in [0.29, 0.717) is 5.69 Å². The lowest BCUT2D eigenvalue weighted by molar-refractivity contribution is -0.132. The molecule has 0 fully saturated rings. The summed E-state index contributed by atoms with van der Waals surface area (Å²) in [5, 5.41) is 2.82. The van der Waals surface area contributed by atoms with Crippen LogP contribution in [0.1, 0.15) is 12.5 Å². The summed E-state index contributed by atoms with van der Waals surface area (Å²) in [4.78, 5) is 28.4. The van der Waals surface area contributed by atoms with Crippen LogP contribution in [0.25, 0.3) is 0 Å². The Kier molecular flexibility index (Phi) is 5.61. The van der Waals surface area contributed by atoms with Crippen molar-refractivity contribution in [2.45, 2.75) is 19.4 Å². The molecule has 2 amide bonds. The number of carbonyl (C=O) groups excluding carboxylic acids is 2. The minimum atomic E-state index is -0.220. The van der Waals surface area contributed by atoms with Gasteiger partial charge in [-0.25, -0.2) is 0 Å². The Hall–Kier alpha value is -2.34. The topological polar surface area (TPSA) is 52.7 Å². The van der Waals surface area contributed by atoms with Crippen molar-refractivity contribution in [3.63, 3.8) is 0 Å². The van der Waals surface area contributed by atoms with Crippen LogP contribution < -0.4 is 10.2 Å². The molecule has 3 rings (SSSR count). The average molecular weight is 416 g/mol. The van der Waals surface area contributed by atoms with Crippen molar-refractivity contribution in [3.05, 3.63) is 58.6 Å². The van der Waals surface area contributed by atoms with Crippen LogP contribution in [0.3, 0.4) is 0 Å². The highest BCUT2D eigenvalue weighted by molar-refractivity contribution is 9.10. The van der Waals surface area contributed by atoms with Gasteiger partial charge in [0.15, 0.2) is 0 Å². The molecule has 5 nitrogen and oxygen atoms in total. The Labute approximate surface area is 162 Å². The third-order valence-corrected chi connectivity index (χ3v) is 5.30. The molecule has 0 radical (unpaired) electrons. The smallest absolute Gasteiger partial charge is 0.244 e. The molecule has 136 valence electrons. The van der Waals surface area contributed by atoms with Crippen molar-refractivity contribution in [2.75, 3.05) is 30.4 Å². The number of rotatable bonds is 5. The second kappa shape index (κ2) is 7.91. The van der Waals surface area contributed by atoms with Crippen molar-refractivity contribution >= 4 is 39.1 Å². The first-order chi connectivity index (χ1) is 12.5. The summed E-state index contributed by atoms with van der Waals surface area (Å²) in [5.41, 5.74) is 3.07. The first kappa shape index (κ1) is 18.5. The summed E-state index contributed by atoms with van der Waals surface area (Å²) < 4.78 is 0.810. The third-order valence-electron chi connectivity index (χ3n) is 4.61. The van der Waals surface area contributed by atoms with Crippen LogP contribution in [0.15, 0.2) is 53.0 Å². The lowest BCUT2D eigenvalue weighted by Gasteiger charge is -2.27. The highest BCUT2D eigenvalue weighted by Gasteiger charge is 2.28. The van der Waals surface area contributed by atoms with Gasteiger partial charge in [-0.3, -0.25) is 9.59 Å². The molecule has 2 aromatic rings. The number of hydrogen-bond acceptors (Lipinski definition) is 3. The average Bonchev–Trinajstić information content (AvgIpc) is 2.92. The molecule has 1 aliphatic rings. The molecule has 0 saturated heterocycles. The van der Waals surface area contributed by atoms with Gasteiger partial charge in [0, 0.05) is 23.2 Å². The fourth-order valence-electron chi connectivity index (χ4n) is 3.19. The largest absolute Gasteiger partial charge is 0.359 e. The lowest BCUT2D eigenvalue weighted by atomic mass is 10.1. The zero-order valence-electron chi connectivity index (χ0n) is 14.9. The maximum absolute atomic E-state index is 12.6. The quantitative estimate of drug-likeness (QED) is 0.814. The van der Waals surface area contributed by atoms with E-state index >= 15 is 0 Å². The van der Waals surface area contributed by atoms with Crippen LogP contribution in [-0.4, -0.2) is 42.9 Å². The van der Waals surface area contributed by atoms with E-state index in [9.17, 15) is 9.59 Å². The summed E-state index contributed by atoms with van der Waals surface area (Å²) in [5.74, 6) is -0.293. The Bertz CT molecular complexity index is 824. The number of amides is 2. The monoisotopic (exact) mass is 415 g/mol. The van der Waals surface area contributed by atoms with Crippen LogP contribution >= 0.6 is 15.9 Å². The minimum absolute atomic E-state index is 0.0179. The van der Waals surface area contributed by atoms with E-state index in [4.69, 9.17) is 0 Å². The predicted octanol–water partition coefficient (Wildman–Crippen LogP) is 3.30. The number of carbonyl (C=O) groups is 2. The van der Waals surface area contributed by atoms with Gasteiger partial charge in [-0.2, -0.15) is 0 Å². The van der Waals surface area contributed by atoms with Crippen molar-refractivity contribution < 1.29 is 9.59 Å². The van der Waals surface area contributed by atoms with E-state index in [1.165, 1.54) is 10.5 Å². The molecule has 0 aromatic heterocycles. The maximum atomic E-state index is 12.6. The van der Waals surface area contributed by atoms with Crippen LogP contribution in [0.5, 0.6) is 0 Å². The standard InChI is InChI=1S/C20H22BrN3O2/c1-14-11-15-7-3-6-10-18(15)24(14)13-20(26)23(2)12-19(25)22-17-9-5-4-8-16(17)21/h3-10,14H,11-13H2,1-2H3,(H,22,25)/t14-/m1/s1. The normalized spacial score (nSPS) is 15.5. The Morgan fingerprint density at radius 1 is 1.19 bits per heavy atom. The van der Waals surface area contributed by atoms with Crippen LogP contribution in [0, 0.1) is 0 Å². The van der Waals surface area contributed by atoms with Gasteiger partial charge in [-0.05, 0) is 53.0 Å². The predicted molar refractivity (Wildman–Crippen MR) is 107 cm³/mol. The van der Waals surface area contributed by atoms with Crippen molar-refractivity contribution in [1.29, 1.82) is 0 Å². The fraction of sp³-hybridized carbons (Fsp3) is 0.300. The highest BCUT2D eigenvalue weighted by Crippen LogP contribution is 2.31. The van der Waals surface area contributed by atoms with Gasteiger partial charge in [-0.1, -0.05) is 30.3 Å². The summed E-state index contributed by atoms with van der Waals surface area (Å²) in [6.07, 6.45) is 0.940. The number of anilines is 2. The molecule has 1 atom stereocenters. The van der Waals surface area contributed by atoms with Gasteiger partial charge in [0.05, 0.1) is 18.8 Å². The molecule has 26 heavy (non-hydrogen) atoms. The summed E-state index contributed by atoms with van der Waals surface area (Å²) in [6.45, 7) is 2.41. The number of likely N-dealkylation sites (N-methyl/N-ethyl adjacent to an activating group) is 1. The summed E-state index contributed by atoms with van der Waals surface area (Å²) in [6, 6.07) is 15.8. The van der Waals surface area contributed by atoms with Crippen molar-refractivity contribution in [3.8, 4) is 0 Å². The van der Waals surface area contributed by atoms with E-state index in [2.05, 4.69) is 39.1 Å². The number of para-hydroxylation sites is 2. The first-order valence-corrected chi connectivity index (χ1v) is 9.38. The van der Waals surface area contributed by atoms with E-state index in [1.54, 1.807) is 7.05 Å². The second-order valence-corrected chi connectivity index (χ2v) is 7.44. The van der Waals surface area contributed by atoms with Crippen molar-refractivity contribution in [1.82, 2.24) is 4.90 Å². The van der Waals surface area contributed by atoms with Crippen LogP contribution in [-0.2, 0) is 16.0 Å². The number of hydrogen-bond donors (Lipinski definition) is 1. The number of halogens is 1. The first-order valence-electron chi connectivity index (χ1n) is 8.58. The number of benzene rings is 2. The Balaban J connectivity index is 1.58. The van der Waals surface area contributed by atoms with Gasteiger partial charge in [-0.15, -0.1) is 0 Å². The van der Waals surface area contributed by atoms with E-state index in [1.807, 2.05) is 42.5 Å². The molecule has 0 saturated carbocycles. The van der Waals surface area contributed by atoms with Gasteiger partial charge < -0.3 is 15.1 Å². The van der Waals surface area contributed by atoms with Gasteiger partial charge in [0.2, 0.25) is 11.8 Å².